The van der Waals surface area contributed by atoms with Crippen LogP contribution in [0.4, 0.5) is 0 Å². The van der Waals surface area contributed by atoms with Gasteiger partial charge in [0.15, 0.2) is 0 Å². The Labute approximate surface area is 112 Å². The smallest absolute Gasteiger partial charge is 0.113 e. The molecule has 2 rings (SSSR count). The van der Waals surface area contributed by atoms with Crippen LogP contribution in [0.1, 0.15) is 22.1 Å². The number of halogens is 2. The first kappa shape index (κ1) is 12.1. The average molecular weight is 318 g/mol. The second kappa shape index (κ2) is 4.88. The Morgan fingerprint density at radius 3 is 2.62 bits per heavy atom. The minimum atomic E-state index is -0.575. The predicted molar refractivity (Wildman–Crippen MR) is 72.3 cm³/mol. The van der Waals surface area contributed by atoms with Crippen LogP contribution in [0.25, 0.3) is 0 Å². The molecule has 0 radical (unpaired) electrons. The van der Waals surface area contributed by atoms with Gasteiger partial charge >= 0.3 is 0 Å². The molecule has 1 nitrogen and oxygen atoms in total. The Morgan fingerprint density at radius 2 is 2.06 bits per heavy atom. The van der Waals surface area contributed by atoms with E-state index in [1.807, 2.05) is 31.2 Å². The van der Waals surface area contributed by atoms with Crippen LogP contribution in [0.2, 0.25) is 5.02 Å². The first-order valence-corrected chi connectivity index (χ1v) is 6.76. The van der Waals surface area contributed by atoms with E-state index in [-0.39, 0.29) is 0 Å². The maximum atomic E-state index is 10.2. The largest absolute Gasteiger partial charge is 0.383 e. The van der Waals surface area contributed by atoms with E-state index in [4.69, 9.17) is 11.6 Å². The summed E-state index contributed by atoms with van der Waals surface area (Å²) in [5.74, 6) is 0. The number of aryl methyl sites for hydroxylation is 1. The van der Waals surface area contributed by atoms with Gasteiger partial charge in [0.05, 0.1) is 3.79 Å². The van der Waals surface area contributed by atoms with Crippen LogP contribution in [-0.2, 0) is 0 Å². The summed E-state index contributed by atoms with van der Waals surface area (Å²) in [5.41, 5.74) is 1.91. The standard InChI is InChI=1S/C12H10BrClOS/c1-7-6-8(14)2-3-9(7)12(15)10-4-5-11(13)16-10/h2-6,12,15H,1H3. The summed E-state index contributed by atoms with van der Waals surface area (Å²) in [4.78, 5) is 0.928. The molecule has 0 aliphatic carbocycles. The Morgan fingerprint density at radius 1 is 1.31 bits per heavy atom. The molecule has 0 bridgehead atoms. The van der Waals surface area contributed by atoms with Gasteiger partial charge in [0.1, 0.15) is 6.10 Å². The van der Waals surface area contributed by atoms with Crippen molar-refractivity contribution in [2.45, 2.75) is 13.0 Å². The first-order chi connectivity index (χ1) is 7.58. The van der Waals surface area contributed by atoms with Gasteiger partial charge < -0.3 is 5.11 Å². The van der Waals surface area contributed by atoms with Crippen LogP contribution < -0.4 is 0 Å². The van der Waals surface area contributed by atoms with Crippen molar-refractivity contribution in [1.29, 1.82) is 0 Å². The maximum Gasteiger partial charge on any atom is 0.113 e. The molecule has 1 atom stereocenters. The van der Waals surface area contributed by atoms with Gasteiger partial charge in [0, 0.05) is 9.90 Å². The number of rotatable bonds is 2. The predicted octanol–water partition coefficient (Wildman–Crippen LogP) is 4.55. The van der Waals surface area contributed by atoms with Crippen molar-refractivity contribution in [2.24, 2.45) is 0 Å². The molecule has 0 aliphatic rings. The molecule has 0 saturated carbocycles. The highest BCUT2D eigenvalue weighted by atomic mass is 79.9. The molecular formula is C12H10BrClOS. The highest BCUT2D eigenvalue weighted by Gasteiger charge is 2.14. The minimum absolute atomic E-state index is 0.575. The second-order valence-electron chi connectivity index (χ2n) is 3.55. The number of aliphatic hydroxyl groups excluding tert-OH is 1. The topological polar surface area (TPSA) is 20.2 Å². The van der Waals surface area contributed by atoms with Crippen LogP contribution >= 0.6 is 38.9 Å². The molecule has 16 heavy (non-hydrogen) atoms. The molecule has 1 heterocycles. The van der Waals surface area contributed by atoms with E-state index in [9.17, 15) is 5.11 Å². The van der Waals surface area contributed by atoms with E-state index in [2.05, 4.69) is 15.9 Å². The summed E-state index contributed by atoms with van der Waals surface area (Å²) < 4.78 is 1.02. The Balaban J connectivity index is 2.37. The summed E-state index contributed by atoms with van der Waals surface area (Å²) >= 11 is 10.8. The van der Waals surface area contributed by atoms with Crippen molar-refractivity contribution >= 4 is 38.9 Å². The van der Waals surface area contributed by atoms with Gasteiger partial charge in [0.25, 0.3) is 0 Å². The molecule has 1 N–H and O–H groups in total. The fourth-order valence-electron chi connectivity index (χ4n) is 1.57. The van der Waals surface area contributed by atoms with Crippen LogP contribution in [-0.4, -0.2) is 5.11 Å². The Bertz CT molecular complexity index is 509. The summed E-state index contributed by atoms with van der Waals surface area (Å²) in [7, 11) is 0. The fraction of sp³-hybridized carbons (Fsp3) is 0.167. The second-order valence-corrected chi connectivity index (χ2v) is 6.48. The molecule has 0 spiro atoms. The quantitative estimate of drug-likeness (QED) is 0.861. The summed E-state index contributed by atoms with van der Waals surface area (Å²) in [6, 6.07) is 9.40. The number of hydrogen-bond acceptors (Lipinski definition) is 2. The van der Waals surface area contributed by atoms with Crippen molar-refractivity contribution in [2.75, 3.05) is 0 Å². The lowest BCUT2D eigenvalue weighted by atomic mass is 10.0. The van der Waals surface area contributed by atoms with Crippen LogP contribution in [0.5, 0.6) is 0 Å². The van der Waals surface area contributed by atoms with Gasteiger partial charge in [-0.15, -0.1) is 11.3 Å². The van der Waals surface area contributed by atoms with E-state index in [1.54, 1.807) is 6.07 Å². The zero-order chi connectivity index (χ0) is 11.7. The van der Waals surface area contributed by atoms with Crippen molar-refractivity contribution in [3.05, 3.63) is 55.1 Å². The highest BCUT2D eigenvalue weighted by molar-refractivity contribution is 9.11. The normalized spacial score (nSPS) is 12.8. The third kappa shape index (κ3) is 2.48. The molecule has 1 aromatic heterocycles. The first-order valence-electron chi connectivity index (χ1n) is 4.77. The van der Waals surface area contributed by atoms with E-state index in [1.165, 1.54) is 11.3 Å². The van der Waals surface area contributed by atoms with Crippen LogP contribution in [0, 0.1) is 6.92 Å². The van der Waals surface area contributed by atoms with Crippen molar-refractivity contribution < 1.29 is 5.11 Å². The molecule has 1 aromatic carbocycles. The minimum Gasteiger partial charge on any atom is -0.383 e. The SMILES string of the molecule is Cc1cc(Cl)ccc1C(O)c1ccc(Br)s1. The molecule has 2 aromatic rings. The summed E-state index contributed by atoms with van der Waals surface area (Å²) in [5, 5.41) is 10.9. The van der Waals surface area contributed by atoms with E-state index < -0.39 is 6.10 Å². The third-order valence-corrected chi connectivity index (χ3v) is 4.30. The monoisotopic (exact) mass is 316 g/mol. The van der Waals surface area contributed by atoms with Gasteiger partial charge in [-0.1, -0.05) is 17.7 Å². The van der Waals surface area contributed by atoms with Gasteiger partial charge in [-0.2, -0.15) is 0 Å². The van der Waals surface area contributed by atoms with Crippen molar-refractivity contribution in [1.82, 2.24) is 0 Å². The maximum absolute atomic E-state index is 10.2. The average Bonchev–Trinajstić information content (AvgIpc) is 2.64. The van der Waals surface area contributed by atoms with Crippen LogP contribution in [0.3, 0.4) is 0 Å². The zero-order valence-electron chi connectivity index (χ0n) is 8.58. The lowest BCUT2D eigenvalue weighted by molar-refractivity contribution is 0.223. The third-order valence-electron chi connectivity index (χ3n) is 2.39. The van der Waals surface area contributed by atoms with E-state index in [0.29, 0.717) is 5.02 Å². The Hall–Kier alpha value is -0.350. The molecule has 84 valence electrons. The Kier molecular flexibility index (Phi) is 3.70. The van der Waals surface area contributed by atoms with E-state index >= 15 is 0 Å². The molecule has 0 fully saturated rings. The molecule has 4 heteroatoms. The zero-order valence-corrected chi connectivity index (χ0v) is 11.7. The molecule has 0 aliphatic heterocycles. The fourth-order valence-corrected chi connectivity index (χ4v) is 3.23. The van der Waals surface area contributed by atoms with Gasteiger partial charge in [-0.05, 0) is 58.2 Å². The molecule has 0 amide bonds. The number of aliphatic hydroxyl groups is 1. The van der Waals surface area contributed by atoms with Gasteiger partial charge in [-0.25, -0.2) is 0 Å². The van der Waals surface area contributed by atoms with E-state index in [0.717, 1.165) is 19.8 Å². The van der Waals surface area contributed by atoms with Crippen LogP contribution in [0.15, 0.2) is 34.1 Å². The van der Waals surface area contributed by atoms with Crippen molar-refractivity contribution in [3.8, 4) is 0 Å². The van der Waals surface area contributed by atoms with Gasteiger partial charge in [-0.3, -0.25) is 0 Å². The van der Waals surface area contributed by atoms with Gasteiger partial charge in [0.2, 0.25) is 0 Å². The number of thiophene rings is 1. The highest BCUT2D eigenvalue weighted by Crippen LogP contribution is 2.33. The molecular weight excluding hydrogens is 308 g/mol. The summed E-state index contributed by atoms with van der Waals surface area (Å²) in [6.07, 6.45) is -0.575. The number of benzene rings is 1. The lowest BCUT2D eigenvalue weighted by Crippen LogP contribution is -1.99. The summed E-state index contributed by atoms with van der Waals surface area (Å²) in [6.45, 7) is 1.95. The molecule has 0 saturated heterocycles. The molecule has 1 unspecified atom stereocenters. The lowest BCUT2D eigenvalue weighted by Gasteiger charge is -2.12. The van der Waals surface area contributed by atoms with Crippen molar-refractivity contribution in [3.63, 3.8) is 0 Å². The number of hydrogen-bond donors (Lipinski definition) is 1.